The zero-order valence-electron chi connectivity index (χ0n) is 17.4. The summed E-state index contributed by atoms with van der Waals surface area (Å²) in [6.45, 7) is 2.01. The van der Waals surface area contributed by atoms with Crippen molar-refractivity contribution in [2.75, 3.05) is 26.2 Å². The van der Waals surface area contributed by atoms with E-state index in [4.69, 9.17) is 24.5 Å². The number of carbonyl (C=O) groups is 3. The number of carbonyl (C=O) groups excluding carboxylic acids is 1. The van der Waals surface area contributed by atoms with Crippen molar-refractivity contribution in [3.63, 3.8) is 0 Å². The molecule has 8 nitrogen and oxygen atoms in total. The molecule has 3 rings (SSSR count). The van der Waals surface area contributed by atoms with Crippen molar-refractivity contribution in [2.24, 2.45) is 0 Å². The van der Waals surface area contributed by atoms with Gasteiger partial charge < -0.3 is 20.3 Å². The molecule has 0 aliphatic carbocycles. The van der Waals surface area contributed by atoms with Crippen LogP contribution in [-0.4, -0.2) is 65.3 Å². The molecule has 0 bridgehead atoms. The average Bonchev–Trinajstić information content (AvgIpc) is 2.81. The summed E-state index contributed by atoms with van der Waals surface area (Å²) < 4.78 is 72.5. The number of hydrogen-bond donors (Lipinski definition) is 3. The van der Waals surface area contributed by atoms with Gasteiger partial charge in [-0.25, -0.2) is 31.5 Å². The van der Waals surface area contributed by atoms with Crippen LogP contribution in [0.15, 0.2) is 30.3 Å². The zero-order chi connectivity index (χ0) is 25.4. The van der Waals surface area contributed by atoms with Gasteiger partial charge in [0.2, 0.25) is 5.82 Å². The first-order valence-electron chi connectivity index (χ1n) is 9.66. The summed E-state index contributed by atoms with van der Waals surface area (Å²) >= 11 is 0. The molecule has 1 aliphatic heterocycles. The van der Waals surface area contributed by atoms with Gasteiger partial charge in [0.05, 0.1) is 12.7 Å². The Labute approximate surface area is 189 Å². The largest absolute Gasteiger partial charge is 0.473 e. The highest BCUT2D eigenvalue weighted by Crippen LogP contribution is 2.23. The van der Waals surface area contributed by atoms with Crippen LogP contribution < -0.4 is 5.32 Å². The van der Waals surface area contributed by atoms with Gasteiger partial charge in [-0.1, -0.05) is 30.3 Å². The molecule has 184 valence electrons. The number of carboxylic acid groups (broad SMARTS) is 2. The Kier molecular flexibility index (Phi) is 9.45. The maximum absolute atomic E-state index is 13.7. The van der Waals surface area contributed by atoms with Gasteiger partial charge >= 0.3 is 11.9 Å². The van der Waals surface area contributed by atoms with Gasteiger partial charge in [-0.3, -0.25) is 9.69 Å². The van der Waals surface area contributed by atoms with Crippen LogP contribution in [0.4, 0.5) is 22.0 Å². The normalized spacial score (nSPS) is 15.7. The third kappa shape index (κ3) is 6.96. The highest BCUT2D eigenvalue weighted by Gasteiger charge is 2.30. The Bertz CT molecular complexity index is 1010. The summed E-state index contributed by atoms with van der Waals surface area (Å²) in [5.74, 6) is -16.0. The molecule has 1 aliphatic rings. The molecule has 13 heteroatoms. The van der Waals surface area contributed by atoms with Crippen LogP contribution in [0.5, 0.6) is 0 Å². The number of halogens is 5. The van der Waals surface area contributed by atoms with E-state index in [0.717, 1.165) is 5.56 Å². The minimum absolute atomic E-state index is 0.135. The van der Waals surface area contributed by atoms with Crippen LogP contribution in [0.1, 0.15) is 15.9 Å². The second-order valence-electron chi connectivity index (χ2n) is 6.98. The van der Waals surface area contributed by atoms with Crippen molar-refractivity contribution >= 4 is 17.8 Å². The third-order valence-corrected chi connectivity index (χ3v) is 4.58. The van der Waals surface area contributed by atoms with Crippen molar-refractivity contribution in [3.8, 4) is 0 Å². The summed E-state index contributed by atoms with van der Waals surface area (Å²) in [4.78, 5) is 32.3. The van der Waals surface area contributed by atoms with E-state index < -0.39 is 58.6 Å². The molecule has 0 spiro atoms. The topological polar surface area (TPSA) is 116 Å². The van der Waals surface area contributed by atoms with Crippen molar-refractivity contribution in [1.82, 2.24) is 10.2 Å². The number of carboxylic acids is 2. The minimum atomic E-state index is -2.31. The Morgan fingerprint density at radius 2 is 1.44 bits per heavy atom. The second-order valence-corrected chi connectivity index (χ2v) is 6.98. The van der Waals surface area contributed by atoms with Gasteiger partial charge in [0.1, 0.15) is 5.56 Å². The molecule has 0 aromatic heterocycles. The molecule has 2 aromatic carbocycles. The fourth-order valence-electron chi connectivity index (χ4n) is 2.99. The number of ether oxygens (including phenoxy) is 1. The summed E-state index contributed by atoms with van der Waals surface area (Å²) in [7, 11) is 0. The van der Waals surface area contributed by atoms with E-state index >= 15 is 0 Å². The maximum Gasteiger partial charge on any atom is 0.414 e. The third-order valence-electron chi connectivity index (χ3n) is 4.58. The summed E-state index contributed by atoms with van der Waals surface area (Å²) in [5.41, 5.74) is -0.415. The van der Waals surface area contributed by atoms with Crippen molar-refractivity contribution in [1.29, 1.82) is 0 Å². The Morgan fingerprint density at radius 3 is 1.97 bits per heavy atom. The summed E-state index contributed by atoms with van der Waals surface area (Å²) in [5, 5.41) is 17.0. The molecule has 1 amide bonds. The van der Waals surface area contributed by atoms with E-state index in [-0.39, 0.29) is 6.54 Å². The van der Waals surface area contributed by atoms with Gasteiger partial charge in [-0.05, 0) is 5.56 Å². The number of hydrogen-bond acceptors (Lipinski definition) is 5. The van der Waals surface area contributed by atoms with Crippen LogP contribution in [-0.2, 0) is 20.9 Å². The monoisotopic (exact) mass is 490 g/mol. The van der Waals surface area contributed by atoms with E-state index in [9.17, 15) is 26.7 Å². The first-order valence-corrected chi connectivity index (χ1v) is 9.66. The van der Waals surface area contributed by atoms with Gasteiger partial charge in [0.15, 0.2) is 23.3 Å². The van der Waals surface area contributed by atoms with Gasteiger partial charge in [-0.2, -0.15) is 0 Å². The average molecular weight is 490 g/mol. The SMILES string of the molecule is O=C(NCC1CN(Cc2ccccc2)CCO1)c1c(F)c(F)c(F)c(F)c1F.O=C(O)C(=O)O. The lowest BCUT2D eigenvalue weighted by atomic mass is 10.1. The van der Waals surface area contributed by atoms with E-state index in [1.54, 1.807) is 0 Å². The molecule has 1 saturated heterocycles. The smallest absolute Gasteiger partial charge is 0.414 e. The van der Waals surface area contributed by atoms with E-state index in [1.807, 2.05) is 30.3 Å². The Morgan fingerprint density at radius 1 is 0.912 bits per heavy atom. The summed E-state index contributed by atoms with van der Waals surface area (Å²) in [6.07, 6.45) is -0.484. The minimum Gasteiger partial charge on any atom is -0.473 e. The highest BCUT2D eigenvalue weighted by molar-refractivity contribution is 6.27. The van der Waals surface area contributed by atoms with E-state index in [2.05, 4.69) is 10.2 Å². The number of nitrogens with one attached hydrogen (secondary N) is 1. The van der Waals surface area contributed by atoms with Crippen LogP contribution >= 0.6 is 0 Å². The van der Waals surface area contributed by atoms with E-state index in [1.165, 1.54) is 0 Å². The molecule has 1 heterocycles. The van der Waals surface area contributed by atoms with Crippen LogP contribution in [0.3, 0.4) is 0 Å². The van der Waals surface area contributed by atoms with Crippen molar-refractivity contribution in [3.05, 3.63) is 70.5 Å². The molecule has 0 radical (unpaired) electrons. The van der Waals surface area contributed by atoms with Crippen molar-refractivity contribution < 1.29 is 51.3 Å². The zero-order valence-corrected chi connectivity index (χ0v) is 17.4. The second kappa shape index (κ2) is 12.0. The van der Waals surface area contributed by atoms with Gasteiger partial charge in [-0.15, -0.1) is 0 Å². The maximum atomic E-state index is 13.7. The molecular formula is C21H19F5N2O6. The molecular weight excluding hydrogens is 471 g/mol. The predicted molar refractivity (Wildman–Crippen MR) is 105 cm³/mol. The molecule has 0 saturated carbocycles. The number of nitrogens with zero attached hydrogens (tertiary/aromatic N) is 1. The fraction of sp³-hybridized carbons (Fsp3) is 0.286. The highest BCUT2D eigenvalue weighted by atomic mass is 19.2. The molecule has 3 N–H and O–H groups in total. The lowest BCUT2D eigenvalue weighted by molar-refractivity contribution is -0.159. The van der Waals surface area contributed by atoms with Crippen LogP contribution in [0, 0.1) is 29.1 Å². The Hall–Kier alpha value is -3.58. The summed E-state index contributed by atoms with van der Waals surface area (Å²) in [6, 6.07) is 9.67. The number of amides is 1. The predicted octanol–water partition coefficient (Wildman–Crippen LogP) is 2.17. The molecule has 34 heavy (non-hydrogen) atoms. The van der Waals surface area contributed by atoms with Crippen molar-refractivity contribution in [2.45, 2.75) is 12.6 Å². The number of aliphatic carboxylic acids is 2. The first kappa shape index (κ1) is 26.7. The number of rotatable bonds is 5. The molecule has 2 aromatic rings. The lowest BCUT2D eigenvalue weighted by Crippen LogP contribution is -2.47. The van der Waals surface area contributed by atoms with E-state index in [0.29, 0.717) is 26.2 Å². The molecule has 1 unspecified atom stereocenters. The fourth-order valence-corrected chi connectivity index (χ4v) is 2.99. The van der Waals surface area contributed by atoms with Gasteiger partial charge in [0.25, 0.3) is 5.91 Å². The standard InChI is InChI=1S/C19H17F5N2O2.C2H2O4/c20-14-13(15(21)17(23)18(24)16(14)22)19(27)25-8-12-10-26(6-7-28-12)9-11-4-2-1-3-5-11;3-1(4)2(5)6/h1-5,12H,6-10H2,(H,25,27);(H,3,4)(H,5,6). The first-order chi connectivity index (χ1) is 16.0. The molecule has 1 atom stereocenters. The van der Waals surface area contributed by atoms with Crippen LogP contribution in [0.25, 0.3) is 0 Å². The van der Waals surface area contributed by atoms with Gasteiger partial charge in [0, 0.05) is 26.2 Å². The quantitative estimate of drug-likeness (QED) is 0.255. The molecule has 1 fully saturated rings. The Balaban J connectivity index is 0.000000604. The number of benzene rings is 2. The number of morpholine rings is 1. The van der Waals surface area contributed by atoms with Crippen LogP contribution in [0.2, 0.25) is 0 Å². The lowest BCUT2D eigenvalue weighted by Gasteiger charge is -2.33.